The van der Waals surface area contributed by atoms with Crippen LogP contribution >= 0.6 is 0 Å². The number of rotatable bonds is 4. The Kier molecular flexibility index (Phi) is 9.72. The first-order valence-electron chi connectivity index (χ1n) is 10.5. The summed E-state index contributed by atoms with van der Waals surface area (Å²) in [6.45, 7) is 15.7. The van der Waals surface area contributed by atoms with Gasteiger partial charge in [0.2, 0.25) is 0 Å². The number of aryl methyl sites for hydroxylation is 1. The number of aromatic amines is 1. The lowest BCUT2D eigenvalue weighted by Crippen LogP contribution is -2.27. The van der Waals surface area contributed by atoms with Gasteiger partial charge in [-0.25, -0.2) is 4.79 Å². The molecule has 29 heavy (non-hydrogen) atoms. The highest BCUT2D eigenvalue weighted by Crippen LogP contribution is 2.37. The molecule has 1 aliphatic carbocycles. The van der Waals surface area contributed by atoms with Crippen LogP contribution in [0.25, 0.3) is 11.3 Å². The lowest BCUT2D eigenvalue weighted by Gasteiger charge is -2.19. The van der Waals surface area contributed by atoms with Crippen molar-refractivity contribution in [2.24, 2.45) is 0 Å². The van der Waals surface area contributed by atoms with Gasteiger partial charge in [0.05, 0.1) is 23.7 Å². The monoisotopic (exact) mass is 403 g/mol. The van der Waals surface area contributed by atoms with Crippen LogP contribution in [0.2, 0.25) is 0 Å². The maximum Gasteiger partial charge on any atom is 0.412 e. The van der Waals surface area contributed by atoms with Gasteiger partial charge in [-0.1, -0.05) is 45.7 Å². The van der Waals surface area contributed by atoms with Crippen molar-refractivity contribution in [1.29, 1.82) is 0 Å². The van der Waals surface area contributed by atoms with Crippen LogP contribution in [0.3, 0.4) is 0 Å². The standard InChI is InChI=1S/C18H23N3O3.C3H8.C2H6/c1-11-5-8-15(23-12-6-7-12)13(9-11)16-14(10-19-21-16)20-17(22)24-18(2,3)4;1-3-2;1-2/h5,8-10,12H,6-7H2,1-4H3,(H,19,21)(H,20,22);3H2,1-2H3;1-2H3. The molecule has 6 heteroatoms. The second-order valence-electron chi connectivity index (χ2n) is 7.81. The topological polar surface area (TPSA) is 76.2 Å². The molecule has 1 saturated carbocycles. The minimum atomic E-state index is -0.558. The van der Waals surface area contributed by atoms with E-state index in [9.17, 15) is 4.79 Å². The van der Waals surface area contributed by atoms with E-state index in [1.54, 1.807) is 6.20 Å². The van der Waals surface area contributed by atoms with Crippen molar-refractivity contribution in [2.45, 2.75) is 86.4 Å². The number of nitrogens with one attached hydrogen (secondary N) is 2. The third kappa shape index (κ3) is 8.59. The van der Waals surface area contributed by atoms with E-state index in [0.717, 1.165) is 29.7 Å². The summed E-state index contributed by atoms with van der Waals surface area (Å²) in [4.78, 5) is 12.0. The van der Waals surface area contributed by atoms with Gasteiger partial charge in [0.1, 0.15) is 11.4 Å². The van der Waals surface area contributed by atoms with E-state index >= 15 is 0 Å². The number of aromatic nitrogens is 2. The van der Waals surface area contributed by atoms with Gasteiger partial charge in [-0.3, -0.25) is 10.4 Å². The number of ether oxygens (including phenoxy) is 2. The Morgan fingerprint density at radius 3 is 2.41 bits per heavy atom. The molecule has 2 aromatic rings. The minimum absolute atomic E-state index is 0.289. The number of H-pyrrole nitrogens is 1. The molecule has 0 radical (unpaired) electrons. The van der Waals surface area contributed by atoms with Crippen molar-refractivity contribution < 1.29 is 14.3 Å². The second kappa shape index (κ2) is 11.5. The summed E-state index contributed by atoms with van der Waals surface area (Å²) in [6.07, 6.45) is 4.76. The Morgan fingerprint density at radius 1 is 1.24 bits per heavy atom. The number of carbonyl (C=O) groups is 1. The first-order valence-corrected chi connectivity index (χ1v) is 10.5. The van der Waals surface area contributed by atoms with Crippen LogP contribution in [0, 0.1) is 6.92 Å². The molecule has 0 atom stereocenters. The molecule has 0 unspecified atom stereocenters. The third-order valence-corrected chi connectivity index (χ3v) is 3.50. The minimum Gasteiger partial charge on any atom is -0.490 e. The molecule has 6 nitrogen and oxygen atoms in total. The molecule has 0 saturated heterocycles. The van der Waals surface area contributed by atoms with Crippen molar-refractivity contribution in [3.63, 3.8) is 0 Å². The molecule has 162 valence electrons. The van der Waals surface area contributed by atoms with Crippen molar-refractivity contribution >= 4 is 11.8 Å². The molecule has 1 aromatic heterocycles. The van der Waals surface area contributed by atoms with Crippen LogP contribution in [0.5, 0.6) is 5.75 Å². The van der Waals surface area contributed by atoms with Gasteiger partial charge in [0, 0.05) is 5.56 Å². The Labute approximate surface area is 175 Å². The van der Waals surface area contributed by atoms with Crippen molar-refractivity contribution in [3.05, 3.63) is 30.0 Å². The Balaban J connectivity index is 0.000000771. The Hall–Kier alpha value is -2.50. The first kappa shape index (κ1) is 24.5. The maximum absolute atomic E-state index is 12.0. The van der Waals surface area contributed by atoms with E-state index in [1.807, 2.05) is 59.7 Å². The van der Waals surface area contributed by atoms with Crippen molar-refractivity contribution in [3.8, 4) is 17.0 Å². The van der Waals surface area contributed by atoms with Gasteiger partial charge in [-0.05, 0) is 52.7 Å². The number of anilines is 1. The highest BCUT2D eigenvalue weighted by atomic mass is 16.6. The number of carbonyl (C=O) groups excluding carboxylic acids is 1. The average Bonchev–Trinajstić information content (AvgIpc) is 3.34. The summed E-state index contributed by atoms with van der Waals surface area (Å²) in [5.74, 6) is 0.791. The molecule has 1 fully saturated rings. The maximum atomic E-state index is 12.0. The van der Waals surface area contributed by atoms with E-state index in [2.05, 4.69) is 29.4 Å². The van der Waals surface area contributed by atoms with Crippen LogP contribution in [0.15, 0.2) is 24.4 Å². The van der Waals surface area contributed by atoms with E-state index in [1.165, 1.54) is 6.42 Å². The highest BCUT2D eigenvalue weighted by Gasteiger charge is 2.26. The summed E-state index contributed by atoms with van der Waals surface area (Å²) < 4.78 is 11.3. The predicted octanol–water partition coefficient (Wildman–Crippen LogP) is 6.72. The fraction of sp³-hybridized carbons (Fsp3) is 0.565. The molecule has 1 amide bonds. The molecule has 3 rings (SSSR count). The predicted molar refractivity (Wildman–Crippen MR) is 120 cm³/mol. The Bertz CT molecular complexity index is 759. The van der Waals surface area contributed by atoms with Gasteiger partial charge in [0.15, 0.2) is 0 Å². The summed E-state index contributed by atoms with van der Waals surface area (Å²) >= 11 is 0. The average molecular weight is 404 g/mol. The molecule has 1 heterocycles. The number of amides is 1. The zero-order valence-corrected chi connectivity index (χ0v) is 19.2. The molecule has 2 N–H and O–H groups in total. The van der Waals surface area contributed by atoms with Crippen LogP contribution in [0.4, 0.5) is 10.5 Å². The van der Waals surface area contributed by atoms with E-state index in [-0.39, 0.29) is 6.10 Å². The molecule has 0 bridgehead atoms. The number of hydrogen-bond acceptors (Lipinski definition) is 4. The van der Waals surface area contributed by atoms with Crippen LogP contribution in [-0.4, -0.2) is 28.0 Å². The summed E-state index contributed by atoms with van der Waals surface area (Å²) in [6, 6.07) is 5.99. The SMILES string of the molecule is CC.CCC.Cc1ccc(OC2CC2)c(-c2[nH]ncc2NC(=O)OC(C)(C)C)c1. The fourth-order valence-electron chi connectivity index (χ4n) is 2.31. The van der Waals surface area contributed by atoms with Crippen LogP contribution in [0.1, 0.15) is 73.3 Å². The molecule has 0 aliphatic heterocycles. The largest absolute Gasteiger partial charge is 0.490 e. The van der Waals surface area contributed by atoms with E-state index < -0.39 is 11.7 Å². The van der Waals surface area contributed by atoms with Gasteiger partial charge < -0.3 is 9.47 Å². The third-order valence-electron chi connectivity index (χ3n) is 3.50. The van der Waals surface area contributed by atoms with Gasteiger partial charge in [-0.2, -0.15) is 5.10 Å². The lowest BCUT2D eigenvalue weighted by molar-refractivity contribution is 0.0636. The van der Waals surface area contributed by atoms with Crippen LogP contribution in [-0.2, 0) is 4.74 Å². The molecule has 1 aromatic carbocycles. The number of hydrogen-bond donors (Lipinski definition) is 2. The van der Waals surface area contributed by atoms with Gasteiger partial charge >= 0.3 is 6.09 Å². The van der Waals surface area contributed by atoms with Crippen molar-refractivity contribution in [1.82, 2.24) is 10.2 Å². The normalized spacial score (nSPS) is 12.7. The summed E-state index contributed by atoms with van der Waals surface area (Å²) in [5.41, 5.74) is 2.70. The van der Waals surface area contributed by atoms with Gasteiger partial charge in [0.25, 0.3) is 0 Å². The molecular formula is C23H37N3O3. The fourth-order valence-corrected chi connectivity index (χ4v) is 2.31. The zero-order chi connectivity index (χ0) is 22.0. The van der Waals surface area contributed by atoms with Gasteiger partial charge in [-0.15, -0.1) is 0 Å². The zero-order valence-electron chi connectivity index (χ0n) is 19.2. The second-order valence-corrected chi connectivity index (χ2v) is 7.81. The quantitative estimate of drug-likeness (QED) is 0.594. The highest BCUT2D eigenvalue weighted by molar-refractivity contribution is 5.91. The lowest BCUT2D eigenvalue weighted by atomic mass is 10.1. The molecular weight excluding hydrogens is 366 g/mol. The Morgan fingerprint density at radius 2 is 1.86 bits per heavy atom. The summed E-state index contributed by atoms with van der Waals surface area (Å²) in [7, 11) is 0. The summed E-state index contributed by atoms with van der Waals surface area (Å²) in [5, 5.41) is 9.76. The van der Waals surface area contributed by atoms with Crippen molar-refractivity contribution in [2.75, 3.05) is 5.32 Å². The van der Waals surface area contributed by atoms with E-state index in [4.69, 9.17) is 9.47 Å². The molecule has 0 spiro atoms. The smallest absolute Gasteiger partial charge is 0.412 e. The number of nitrogens with zero attached hydrogens (tertiary/aromatic N) is 1. The van der Waals surface area contributed by atoms with Crippen LogP contribution < -0.4 is 10.1 Å². The molecule has 1 aliphatic rings. The first-order chi connectivity index (χ1) is 13.7. The number of benzene rings is 1. The van der Waals surface area contributed by atoms with E-state index in [0.29, 0.717) is 11.4 Å².